The minimum absolute atomic E-state index is 1.06. The molecule has 0 saturated heterocycles. The minimum atomic E-state index is 1.06. The zero-order valence-electron chi connectivity index (χ0n) is 20.0. The fraction of sp³-hybridized carbons (Fsp3) is 0. The third-order valence-corrected chi connectivity index (χ3v) is 8.87. The van der Waals surface area contributed by atoms with E-state index < -0.39 is 0 Å². The van der Waals surface area contributed by atoms with E-state index in [9.17, 15) is 0 Å². The largest absolute Gasteiger partial charge is 0.309 e. The second-order valence-corrected chi connectivity index (χ2v) is 11.1. The number of para-hydroxylation sites is 1. The van der Waals surface area contributed by atoms with Crippen molar-refractivity contribution in [2.45, 2.75) is 0 Å². The summed E-state index contributed by atoms with van der Waals surface area (Å²) in [6.07, 6.45) is 4.00. The highest BCUT2D eigenvalue weighted by Crippen LogP contribution is 2.48. The van der Waals surface area contributed by atoms with Crippen LogP contribution in [0.4, 0.5) is 0 Å². The number of halogens is 1. The maximum Gasteiger partial charge on any atom is 0.0633 e. The van der Waals surface area contributed by atoms with Gasteiger partial charge in [-0.2, -0.15) is 0 Å². The summed E-state index contributed by atoms with van der Waals surface area (Å²) >= 11 is 5.59. The Hall–Kier alpha value is -3.92. The van der Waals surface area contributed by atoms with Crippen molar-refractivity contribution in [3.63, 3.8) is 0 Å². The van der Waals surface area contributed by atoms with Gasteiger partial charge >= 0.3 is 0 Å². The number of hydrogen-bond acceptors (Lipinski definition) is 1. The molecule has 0 aliphatic carbocycles. The van der Waals surface area contributed by atoms with E-state index in [-0.39, 0.29) is 0 Å². The van der Waals surface area contributed by atoms with Crippen molar-refractivity contribution < 1.29 is 0 Å². The van der Waals surface area contributed by atoms with Gasteiger partial charge in [-0.1, -0.05) is 102 Å². The molecule has 3 heteroatoms. The van der Waals surface area contributed by atoms with E-state index in [1.807, 2.05) is 23.5 Å². The van der Waals surface area contributed by atoms with Crippen LogP contribution in [-0.4, -0.2) is 4.57 Å². The normalized spacial score (nSPS) is 11.6. The van der Waals surface area contributed by atoms with Gasteiger partial charge in [-0.05, 0) is 53.1 Å². The lowest BCUT2D eigenvalue weighted by Gasteiger charge is -2.13. The van der Waals surface area contributed by atoms with E-state index in [0.29, 0.717) is 0 Å². The van der Waals surface area contributed by atoms with Crippen LogP contribution in [-0.2, 0) is 0 Å². The van der Waals surface area contributed by atoms with E-state index in [1.54, 1.807) is 0 Å². The van der Waals surface area contributed by atoms with Crippen molar-refractivity contribution in [3.8, 4) is 16.8 Å². The SMILES string of the molecule is C=Cc1c(C=C)c2c(c3ccc(Br)cc3n2-c2ccccc2)c2sc3ccc(-c4ccccc4)cc3c12. The molecule has 176 valence electrons. The topological polar surface area (TPSA) is 4.93 Å². The van der Waals surface area contributed by atoms with Gasteiger partial charge in [-0.15, -0.1) is 11.3 Å². The summed E-state index contributed by atoms with van der Waals surface area (Å²) in [5.41, 5.74) is 8.16. The van der Waals surface area contributed by atoms with Crippen molar-refractivity contribution in [3.05, 3.63) is 126 Å². The minimum Gasteiger partial charge on any atom is -0.309 e. The number of fused-ring (bicyclic) bond motifs is 7. The highest BCUT2D eigenvalue weighted by atomic mass is 79.9. The van der Waals surface area contributed by atoms with E-state index >= 15 is 0 Å². The van der Waals surface area contributed by atoms with E-state index in [2.05, 4.69) is 131 Å². The predicted octanol–water partition coefficient (Wildman–Crippen LogP) is 10.9. The Bertz CT molecular complexity index is 2010. The monoisotopic (exact) mass is 555 g/mol. The Balaban J connectivity index is 1.72. The average Bonchev–Trinajstić information content (AvgIpc) is 3.48. The first-order chi connectivity index (χ1) is 18.2. The van der Waals surface area contributed by atoms with E-state index in [4.69, 9.17) is 0 Å². The van der Waals surface area contributed by atoms with Gasteiger partial charge in [0.15, 0.2) is 0 Å². The molecule has 2 aromatic heterocycles. The molecule has 0 N–H and O–H groups in total. The Morgan fingerprint density at radius 2 is 1.41 bits per heavy atom. The van der Waals surface area contributed by atoms with Gasteiger partial charge in [0.25, 0.3) is 0 Å². The number of rotatable bonds is 4. The molecule has 0 spiro atoms. The van der Waals surface area contributed by atoms with Crippen LogP contribution in [0.2, 0.25) is 0 Å². The van der Waals surface area contributed by atoms with E-state index in [0.717, 1.165) is 21.3 Å². The highest BCUT2D eigenvalue weighted by molar-refractivity contribution is 9.10. The van der Waals surface area contributed by atoms with Gasteiger partial charge in [0.05, 0.1) is 11.0 Å². The Kier molecular flexibility index (Phi) is 5.17. The molecule has 37 heavy (non-hydrogen) atoms. The van der Waals surface area contributed by atoms with Crippen molar-refractivity contribution >= 4 is 81.4 Å². The molecular weight excluding hydrogens is 534 g/mol. The lowest BCUT2D eigenvalue weighted by Crippen LogP contribution is -1.96. The average molecular weight is 557 g/mol. The molecule has 0 aliphatic heterocycles. The number of benzene rings is 5. The summed E-state index contributed by atoms with van der Waals surface area (Å²) < 4.78 is 6.00. The molecule has 0 fully saturated rings. The summed E-state index contributed by atoms with van der Waals surface area (Å²) in [6, 6.07) is 34.6. The van der Waals surface area contributed by atoms with Gasteiger partial charge in [0.2, 0.25) is 0 Å². The van der Waals surface area contributed by atoms with Crippen LogP contribution in [0, 0.1) is 0 Å². The quantitative estimate of drug-likeness (QED) is 0.203. The fourth-order valence-corrected chi connectivity index (χ4v) is 7.23. The first kappa shape index (κ1) is 22.3. The number of thiophene rings is 1. The third-order valence-electron chi connectivity index (χ3n) is 7.19. The molecule has 0 atom stereocenters. The van der Waals surface area contributed by atoms with Crippen molar-refractivity contribution in [1.82, 2.24) is 4.57 Å². The Morgan fingerprint density at radius 1 is 0.676 bits per heavy atom. The van der Waals surface area contributed by atoms with Crippen LogP contribution < -0.4 is 0 Å². The molecule has 7 aromatic rings. The zero-order chi connectivity index (χ0) is 25.1. The summed E-state index contributed by atoms with van der Waals surface area (Å²) in [7, 11) is 0. The fourth-order valence-electron chi connectivity index (χ4n) is 5.62. The molecule has 0 saturated carbocycles. The van der Waals surface area contributed by atoms with Gasteiger partial charge in [0, 0.05) is 46.7 Å². The van der Waals surface area contributed by atoms with Gasteiger partial charge in [-0.3, -0.25) is 0 Å². The molecule has 0 unspecified atom stereocenters. The predicted molar refractivity (Wildman–Crippen MR) is 167 cm³/mol. The Morgan fingerprint density at radius 3 is 2.14 bits per heavy atom. The maximum atomic E-state index is 4.28. The highest BCUT2D eigenvalue weighted by Gasteiger charge is 2.23. The second-order valence-electron chi connectivity index (χ2n) is 9.17. The van der Waals surface area contributed by atoms with Crippen LogP contribution in [0.1, 0.15) is 11.1 Å². The number of aromatic nitrogens is 1. The molecule has 7 rings (SSSR count). The first-order valence-electron chi connectivity index (χ1n) is 12.2. The van der Waals surface area contributed by atoms with Crippen LogP contribution in [0.5, 0.6) is 0 Å². The summed E-state index contributed by atoms with van der Waals surface area (Å²) in [4.78, 5) is 0. The van der Waals surface area contributed by atoms with Gasteiger partial charge < -0.3 is 4.57 Å². The molecule has 0 amide bonds. The first-order valence-corrected chi connectivity index (χ1v) is 13.8. The van der Waals surface area contributed by atoms with Gasteiger partial charge in [-0.25, -0.2) is 0 Å². The molecule has 0 bridgehead atoms. The van der Waals surface area contributed by atoms with Crippen molar-refractivity contribution in [1.29, 1.82) is 0 Å². The Labute approximate surface area is 227 Å². The van der Waals surface area contributed by atoms with Crippen LogP contribution in [0.25, 0.3) is 70.9 Å². The number of nitrogens with zero attached hydrogens (tertiary/aromatic N) is 1. The molecule has 2 heterocycles. The maximum absolute atomic E-state index is 4.28. The summed E-state index contributed by atoms with van der Waals surface area (Å²) in [5, 5.41) is 5.02. The van der Waals surface area contributed by atoms with E-state index in [1.165, 1.54) is 53.1 Å². The standard InChI is InChI=1S/C34H22BrNS/c1-3-25-26(4-2)33-32(27-17-16-23(35)20-29(27)36(33)24-13-9-6-10-14-24)34-31(25)28-19-22(15-18-30(28)37-34)21-11-7-5-8-12-21/h3-20H,1-2H2. The molecule has 5 aromatic carbocycles. The smallest absolute Gasteiger partial charge is 0.0633 e. The zero-order valence-corrected chi connectivity index (χ0v) is 22.4. The lowest BCUT2D eigenvalue weighted by molar-refractivity contribution is 1.18. The molecule has 0 radical (unpaired) electrons. The van der Waals surface area contributed by atoms with Crippen LogP contribution in [0.3, 0.4) is 0 Å². The second kappa shape index (κ2) is 8.58. The van der Waals surface area contributed by atoms with Crippen molar-refractivity contribution in [2.75, 3.05) is 0 Å². The van der Waals surface area contributed by atoms with Crippen LogP contribution >= 0.6 is 27.3 Å². The summed E-state index contributed by atoms with van der Waals surface area (Å²) in [5.74, 6) is 0. The molecular formula is C34H22BrNS. The lowest BCUT2D eigenvalue weighted by atomic mass is 9.95. The molecule has 0 aliphatic rings. The third kappa shape index (κ3) is 3.28. The summed E-state index contributed by atoms with van der Waals surface area (Å²) in [6.45, 7) is 8.56. The van der Waals surface area contributed by atoms with Crippen molar-refractivity contribution in [2.24, 2.45) is 0 Å². The van der Waals surface area contributed by atoms with Gasteiger partial charge in [0.1, 0.15) is 0 Å². The molecule has 1 nitrogen and oxygen atoms in total. The van der Waals surface area contributed by atoms with Crippen LogP contribution in [0.15, 0.2) is 115 Å². The number of hydrogen-bond donors (Lipinski definition) is 0.